The first-order valence-electron chi connectivity index (χ1n) is 13.3. The Kier molecular flexibility index (Phi) is 10.7. The highest BCUT2D eigenvalue weighted by Crippen LogP contribution is 2.33. The molecule has 16 nitrogen and oxygen atoms in total. The summed E-state index contributed by atoms with van der Waals surface area (Å²) in [6.07, 6.45) is -2.59. The van der Waals surface area contributed by atoms with Crippen molar-refractivity contribution in [1.29, 1.82) is 0 Å². The fourth-order valence-electron chi connectivity index (χ4n) is 3.76. The van der Waals surface area contributed by atoms with Crippen LogP contribution in [-0.4, -0.2) is 77.0 Å². The van der Waals surface area contributed by atoms with Gasteiger partial charge in [0.2, 0.25) is 17.7 Å². The van der Waals surface area contributed by atoms with E-state index in [1.807, 2.05) is 19.2 Å². The number of alkyl halides is 3. The zero-order chi connectivity index (χ0) is 35.3. The maximum Gasteiger partial charge on any atom is 0.419 e. The van der Waals surface area contributed by atoms with Gasteiger partial charge in [0.05, 0.1) is 31.4 Å². The van der Waals surface area contributed by atoms with Crippen LogP contribution in [0.1, 0.15) is 48.0 Å². The molecule has 20 heteroatoms. The Morgan fingerprint density at radius 3 is 2.21 bits per heavy atom. The molecular weight excluding hydrogens is 653 g/mol. The summed E-state index contributed by atoms with van der Waals surface area (Å²) in [7, 11) is -2.39. The summed E-state index contributed by atoms with van der Waals surface area (Å²) in [5, 5.41) is 12.5. The number of aliphatic imine (C=N–C) groups is 1. The number of ether oxygens (including phenoxy) is 2. The molecule has 47 heavy (non-hydrogen) atoms. The van der Waals surface area contributed by atoms with Crippen molar-refractivity contribution < 1.29 is 50.6 Å². The van der Waals surface area contributed by atoms with Crippen LogP contribution in [0, 0.1) is 12.8 Å². The summed E-state index contributed by atoms with van der Waals surface area (Å²) >= 11 is 0. The van der Waals surface area contributed by atoms with E-state index < -0.39 is 50.3 Å². The number of rotatable bonds is 8. The third-order valence-corrected chi connectivity index (χ3v) is 7.81. The summed E-state index contributed by atoms with van der Waals surface area (Å²) in [6.45, 7) is 7.28. The Bertz CT molecular complexity index is 1810. The zero-order valence-electron chi connectivity index (χ0n) is 25.6. The standard InChI is InChI=1S/C14H17N3O3.C13H12F3N5O5S/c1-7(2)14(4)13(20)16-11(17-14)10-9(12(18)19)5-8(3)6-15-10;1-25-8-6-9(26-2)19-11(18-8)20-12(22)21-27(23,24)10-7(13(14,15)16)4-3-5-17-10/h5-7H,1-4H3,(H,18,19)(H,16,17,20);3-6H,1-2H3,(H2,18,19,20,21,22). The van der Waals surface area contributed by atoms with Gasteiger partial charge in [-0.25, -0.2) is 24.3 Å². The monoisotopic (exact) mass is 682 g/mol. The predicted molar refractivity (Wildman–Crippen MR) is 158 cm³/mol. The van der Waals surface area contributed by atoms with Crippen molar-refractivity contribution in [2.45, 2.75) is 44.4 Å². The number of carbonyl (C=O) groups is 3. The number of aryl methyl sites for hydroxylation is 1. The molecule has 3 aromatic heterocycles. The number of amidine groups is 1. The second-order valence-corrected chi connectivity index (χ2v) is 11.7. The number of aromatic nitrogens is 4. The molecule has 0 radical (unpaired) electrons. The molecular formula is C27H29F3N8O8S. The van der Waals surface area contributed by atoms with Crippen LogP contribution >= 0.6 is 0 Å². The Morgan fingerprint density at radius 2 is 1.70 bits per heavy atom. The highest BCUT2D eigenvalue weighted by atomic mass is 32.2. The van der Waals surface area contributed by atoms with Crippen LogP contribution in [-0.2, 0) is 21.0 Å². The number of hydrogen-bond acceptors (Lipinski definition) is 12. The molecule has 0 fully saturated rings. The summed E-state index contributed by atoms with van der Waals surface area (Å²) in [5.74, 6) is -1.53. The van der Waals surface area contributed by atoms with Crippen molar-refractivity contribution >= 4 is 39.7 Å². The van der Waals surface area contributed by atoms with Crippen molar-refractivity contribution in [2.75, 3.05) is 19.5 Å². The molecule has 0 aromatic carbocycles. The van der Waals surface area contributed by atoms with E-state index in [9.17, 15) is 41.1 Å². The lowest BCUT2D eigenvalue weighted by atomic mass is 9.89. The zero-order valence-corrected chi connectivity index (χ0v) is 26.4. The Hall–Kier alpha value is -5.40. The number of aromatic carboxylic acids is 1. The number of carbonyl (C=O) groups excluding carboxylic acids is 2. The smallest absolute Gasteiger partial charge is 0.419 e. The molecule has 1 aliphatic rings. The van der Waals surface area contributed by atoms with E-state index in [0.29, 0.717) is 6.07 Å². The van der Waals surface area contributed by atoms with Gasteiger partial charge < -0.3 is 19.9 Å². The molecule has 1 unspecified atom stereocenters. The van der Waals surface area contributed by atoms with Gasteiger partial charge in [-0.2, -0.15) is 31.6 Å². The first kappa shape index (κ1) is 36.1. The number of carboxylic acid groups (broad SMARTS) is 1. The number of urea groups is 1. The minimum Gasteiger partial charge on any atom is -0.481 e. The minimum atomic E-state index is -4.99. The van der Waals surface area contributed by atoms with Crippen LogP contribution in [0.3, 0.4) is 0 Å². The van der Waals surface area contributed by atoms with E-state index in [2.05, 4.69) is 30.2 Å². The van der Waals surface area contributed by atoms with E-state index >= 15 is 0 Å². The molecule has 0 saturated carbocycles. The number of carboxylic acids is 1. The largest absolute Gasteiger partial charge is 0.481 e. The topological polar surface area (TPSA) is 224 Å². The molecule has 3 amide bonds. The number of sulfonamides is 1. The van der Waals surface area contributed by atoms with Crippen LogP contribution in [0.2, 0.25) is 0 Å². The lowest BCUT2D eigenvalue weighted by Gasteiger charge is -2.21. The van der Waals surface area contributed by atoms with Gasteiger partial charge in [-0.3, -0.25) is 15.1 Å². The lowest BCUT2D eigenvalue weighted by Crippen LogP contribution is -2.41. The molecule has 4 N–H and O–H groups in total. The highest BCUT2D eigenvalue weighted by molar-refractivity contribution is 7.90. The number of nitrogens with zero attached hydrogens (tertiary/aromatic N) is 5. The van der Waals surface area contributed by atoms with E-state index in [4.69, 9.17) is 9.47 Å². The number of anilines is 1. The maximum absolute atomic E-state index is 12.9. The van der Waals surface area contributed by atoms with Gasteiger partial charge in [-0.1, -0.05) is 13.8 Å². The van der Waals surface area contributed by atoms with Gasteiger partial charge >= 0.3 is 18.2 Å². The van der Waals surface area contributed by atoms with Gasteiger partial charge in [0, 0.05) is 12.4 Å². The van der Waals surface area contributed by atoms with E-state index in [1.54, 1.807) is 20.0 Å². The van der Waals surface area contributed by atoms with Gasteiger partial charge in [0.1, 0.15) is 11.2 Å². The highest BCUT2D eigenvalue weighted by Gasteiger charge is 2.43. The molecule has 252 valence electrons. The third kappa shape index (κ3) is 8.45. The van der Waals surface area contributed by atoms with Gasteiger partial charge in [0.15, 0.2) is 10.9 Å². The second-order valence-electron chi connectivity index (χ2n) is 10.1. The number of pyridine rings is 2. The quantitative estimate of drug-likeness (QED) is 0.269. The normalized spacial score (nSPS) is 16.0. The maximum atomic E-state index is 12.9. The molecule has 3 aromatic rings. The van der Waals surface area contributed by atoms with Crippen LogP contribution in [0.5, 0.6) is 11.8 Å². The molecule has 4 rings (SSSR count). The first-order valence-corrected chi connectivity index (χ1v) is 14.7. The number of methoxy groups -OCH3 is 2. The fourth-order valence-corrected chi connectivity index (χ4v) is 4.82. The first-order chi connectivity index (χ1) is 21.8. The fraction of sp³-hybridized carbons (Fsp3) is 0.333. The van der Waals surface area contributed by atoms with Crippen LogP contribution in [0.25, 0.3) is 0 Å². The SMILES string of the molecule is COc1cc(OC)nc(NC(=O)NS(=O)(=O)c2ncccc2C(F)(F)F)n1.Cc1cnc(C2=NC(C)(C(C)C)C(=O)N2)c(C(=O)O)c1. The minimum absolute atomic E-state index is 0.00118. The van der Waals surface area contributed by atoms with Crippen LogP contribution in [0.15, 0.2) is 46.7 Å². The number of hydrogen-bond donors (Lipinski definition) is 4. The Labute approximate surface area is 265 Å². The molecule has 1 atom stereocenters. The lowest BCUT2D eigenvalue weighted by molar-refractivity contribution is -0.140. The van der Waals surface area contributed by atoms with Crippen LogP contribution in [0.4, 0.5) is 23.9 Å². The van der Waals surface area contributed by atoms with Gasteiger partial charge in [0.25, 0.3) is 15.9 Å². The van der Waals surface area contributed by atoms with E-state index in [-0.39, 0.29) is 40.7 Å². The van der Waals surface area contributed by atoms with Crippen molar-refractivity contribution in [3.8, 4) is 11.8 Å². The molecule has 0 saturated heterocycles. The average Bonchev–Trinajstić information content (AvgIpc) is 3.31. The number of nitrogens with one attached hydrogen (secondary N) is 3. The van der Waals surface area contributed by atoms with Gasteiger partial charge in [-0.05, 0) is 43.5 Å². The molecule has 4 heterocycles. The average molecular weight is 683 g/mol. The Morgan fingerprint density at radius 1 is 1.09 bits per heavy atom. The Balaban J connectivity index is 0.000000267. The molecule has 0 spiro atoms. The van der Waals surface area contributed by atoms with E-state index in [1.165, 1.54) is 31.1 Å². The van der Waals surface area contributed by atoms with Crippen molar-refractivity contribution in [2.24, 2.45) is 10.9 Å². The molecule has 0 aliphatic carbocycles. The predicted octanol–water partition coefficient (Wildman–Crippen LogP) is 2.80. The molecule has 0 bridgehead atoms. The summed E-state index contributed by atoms with van der Waals surface area (Å²) in [5.41, 5.74) is -1.44. The second kappa shape index (κ2) is 13.9. The van der Waals surface area contributed by atoms with Crippen LogP contribution < -0.4 is 24.8 Å². The molecule has 1 aliphatic heterocycles. The number of halogens is 3. The third-order valence-electron chi connectivity index (χ3n) is 6.52. The van der Waals surface area contributed by atoms with Crippen molar-refractivity contribution in [1.82, 2.24) is 30.0 Å². The number of amides is 3. The summed E-state index contributed by atoms with van der Waals surface area (Å²) in [6, 6.07) is 2.82. The van der Waals surface area contributed by atoms with Gasteiger partial charge in [-0.15, -0.1) is 0 Å². The van der Waals surface area contributed by atoms with Crippen molar-refractivity contribution in [3.63, 3.8) is 0 Å². The summed E-state index contributed by atoms with van der Waals surface area (Å²) < 4.78 is 74.2. The van der Waals surface area contributed by atoms with E-state index in [0.717, 1.165) is 17.8 Å². The van der Waals surface area contributed by atoms with Crippen molar-refractivity contribution in [3.05, 3.63) is 59.0 Å². The summed E-state index contributed by atoms with van der Waals surface area (Å²) in [4.78, 5) is 54.4.